The first kappa shape index (κ1) is 22.6. The maximum Gasteiger partial charge on any atom is 3.00 e. The summed E-state index contributed by atoms with van der Waals surface area (Å²) in [4.78, 5) is 0. The monoisotopic (exact) mass is 447 g/mol. The first-order valence-corrected chi connectivity index (χ1v) is 8.58. The maximum absolute atomic E-state index is 2.36. The van der Waals surface area contributed by atoms with Gasteiger partial charge >= 0.3 is 26.2 Å². The third-order valence-electron chi connectivity index (χ3n) is 5.19. The molecule has 0 atom stereocenters. The van der Waals surface area contributed by atoms with Crippen LogP contribution in [0.3, 0.4) is 0 Å². The molecule has 1 fully saturated rings. The van der Waals surface area contributed by atoms with Crippen LogP contribution in [0.2, 0.25) is 0 Å². The van der Waals surface area contributed by atoms with Gasteiger partial charge in [-0.1, -0.05) is 62.1 Å². The third kappa shape index (κ3) is 4.82. The minimum Gasteiger partial charge on any atom is -1.00 e. The Morgan fingerprint density at radius 3 is 2.24 bits per heavy atom. The summed E-state index contributed by atoms with van der Waals surface area (Å²) < 4.78 is 0. The Bertz CT molecular complexity index is 783. The number of halogens is 2. The molecule has 1 aliphatic carbocycles. The van der Waals surface area contributed by atoms with E-state index in [9.17, 15) is 0 Å². The molecule has 1 saturated carbocycles. The van der Waals surface area contributed by atoms with Crippen molar-refractivity contribution in [3.63, 3.8) is 0 Å². The number of aryl methyl sites for hydroxylation is 1. The van der Waals surface area contributed by atoms with Gasteiger partial charge in [-0.3, -0.25) is 0 Å². The Hall–Kier alpha value is -0.487. The largest absolute Gasteiger partial charge is 3.00 e. The summed E-state index contributed by atoms with van der Waals surface area (Å²) in [6.07, 6.45) is 6.97. The molecule has 1 radical (unpaired) electrons. The molecule has 3 aromatic rings. The van der Waals surface area contributed by atoms with Crippen molar-refractivity contribution >= 4 is 10.8 Å². The molecule has 0 aliphatic heterocycles. The topological polar surface area (TPSA) is 0 Å². The molecule has 0 heterocycles. The average Bonchev–Trinajstić information content (AvgIpc) is 2.96. The number of rotatable bonds is 2. The van der Waals surface area contributed by atoms with Crippen molar-refractivity contribution in [2.45, 2.75) is 44.9 Å². The van der Waals surface area contributed by atoms with Crippen LogP contribution in [0.25, 0.3) is 21.9 Å². The molecule has 1 aliphatic rings. The number of benzene rings is 2. The van der Waals surface area contributed by atoms with Crippen LogP contribution in [-0.2, 0) is 26.2 Å². The molecule has 129 valence electrons. The summed E-state index contributed by atoms with van der Waals surface area (Å²) >= 11 is 0. The molecule has 0 bridgehead atoms. The van der Waals surface area contributed by atoms with Crippen LogP contribution in [0.4, 0.5) is 0 Å². The first-order chi connectivity index (χ1) is 10.8. The smallest absolute Gasteiger partial charge is 1.00 e. The second-order valence-corrected chi connectivity index (χ2v) is 6.80. The third-order valence-corrected chi connectivity index (χ3v) is 5.19. The first-order valence-electron chi connectivity index (χ1n) is 8.58. The van der Waals surface area contributed by atoms with E-state index in [1.165, 1.54) is 65.1 Å². The molecule has 0 aromatic heterocycles. The van der Waals surface area contributed by atoms with Crippen molar-refractivity contribution in [3.8, 4) is 11.1 Å². The van der Waals surface area contributed by atoms with E-state index in [0.29, 0.717) is 0 Å². The second kappa shape index (κ2) is 10.0. The van der Waals surface area contributed by atoms with Gasteiger partial charge in [0, 0.05) is 0 Å². The predicted molar refractivity (Wildman–Crippen MR) is 95.5 cm³/mol. The van der Waals surface area contributed by atoms with Crippen LogP contribution in [0.5, 0.6) is 0 Å². The molecule has 3 heteroatoms. The molecule has 0 N–H and O–H groups in total. The van der Waals surface area contributed by atoms with Crippen molar-refractivity contribution in [3.05, 3.63) is 65.7 Å². The zero-order valence-electron chi connectivity index (χ0n) is 14.6. The summed E-state index contributed by atoms with van der Waals surface area (Å²) in [7, 11) is 0. The van der Waals surface area contributed by atoms with Crippen LogP contribution in [0.15, 0.2) is 54.6 Å². The fraction of sp³-hybridized carbons (Fsp3) is 0.318. The minimum atomic E-state index is 0. The van der Waals surface area contributed by atoms with Crippen LogP contribution in [0.1, 0.15) is 49.1 Å². The van der Waals surface area contributed by atoms with Gasteiger partial charge < -0.3 is 24.8 Å². The summed E-state index contributed by atoms with van der Waals surface area (Å²) in [5, 5.41) is 2.73. The van der Waals surface area contributed by atoms with E-state index in [2.05, 4.69) is 61.5 Å². The predicted octanol–water partition coefficient (Wildman–Crippen LogP) is 0.587. The van der Waals surface area contributed by atoms with Gasteiger partial charge in [-0.15, -0.1) is 34.5 Å². The Kier molecular flexibility index (Phi) is 9.03. The second-order valence-electron chi connectivity index (χ2n) is 6.80. The molecule has 0 spiro atoms. The Morgan fingerprint density at radius 1 is 0.880 bits per heavy atom. The zero-order chi connectivity index (χ0) is 14.9. The Morgan fingerprint density at radius 2 is 1.56 bits per heavy atom. The van der Waals surface area contributed by atoms with E-state index in [4.69, 9.17) is 0 Å². The van der Waals surface area contributed by atoms with Crippen LogP contribution < -0.4 is 24.8 Å². The Labute approximate surface area is 182 Å². The normalized spacial score (nSPS) is 14.3. The molecule has 0 unspecified atom stereocenters. The molecule has 25 heavy (non-hydrogen) atoms. The summed E-state index contributed by atoms with van der Waals surface area (Å²) in [6, 6.07) is 20.6. The van der Waals surface area contributed by atoms with E-state index in [-0.39, 0.29) is 51.0 Å². The standard InChI is InChI=1S/C22H23.2ClH.Zr/c1-16-14-20-8-5-9-21(22(20)15-16)19-12-10-18(11-13-19)17-6-3-2-4-7-17;;;/h5,8-15,17H,2-4,6-7H2,1H3;2*1H;/q-1;;;+3/p-2. The molecule has 4 rings (SSSR count). The van der Waals surface area contributed by atoms with Crippen molar-refractivity contribution in [2.75, 3.05) is 0 Å². The summed E-state index contributed by atoms with van der Waals surface area (Å²) in [5.41, 5.74) is 5.59. The molecular formula is C22H23Cl2Zr. The summed E-state index contributed by atoms with van der Waals surface area (Å²) in [5.74, 6) is 0.791. The Balaban J connectivity index is 0.00000104. The van der Waals surface area contributed by atoms with Gasteiger partial charge in [0.15, 0.2) is 0 Å². The zero-order valence-corrected chi connectivity index (χ0v) is 18.5. The molecule has 0 nitrogen and oxygen atoms in total. The van der Waals surface area contributed by atoms with Gasteiger partial charge in [0.25, 0.3) is 0 Å². The van der Waals surface area contributed by atoms with Gasteiger partial charge in [0.05, 0.1) is 0 Å². The minimum absolute atomic E-state index is 0. The summed E-state index contributed by atoms with van der Waals surface area (Å²) in [6.45, 7) is 2.18. The fourth-order valence-electron chi connectivity index (χ4n) is 4.01. The van der Waals surface area contributed by atoms with Crippen LogP contribution >= 0.6 is 0 Å². The maximum atomic E-state index is 2.36. The molecule has 0 saturated heterocycles. The van der Waals surface area contributed by atoms with E-state index in [0.717, 1.165) is 5.92 Å². The molecule has 3 aromatic carbocycles. The quantitative estimate of drug-likeness (QED) is 0.503. The number of fused-ring (bicyclic) bond motifs is 1. The fourth-order valence-corrected chi connectivity index (χ4v) is 4.01. The van der Waals surface area contributed by atoms with E-state index < -0.39 is 0 Å². The molecular weight excluding hydrogens is 426 g/mol. The number of hydrogen-bond donors (Lipinski definition) is 0. The van der Waals surface area contributed by atoms with Crippen molar-refractivity contribution in [1.29, 1.82) is 0 Å². The van der Waals surface area contributed by atoms with Gasteiger partial charge in [-0.25, -0.2) is 0 Å². The van der Waals surface area contributed by atoms with Crippen LogP contribution in [-0.4, -0.2) is 0 Å². The van der Waals surface area contributed by atoms with Gasteiger partial charge in [0.1, 0.15) is 0 Å². The van der Waals surface area contributed by atoms with Gasteiger partial charge in [-0.05, 0) is 29.9 Å². The van der Waals surface area contributed by atoms with Crippen molar-refractivity contribution in [2.24, 2.45) is 0 Å². The van der Waals surface area contributed by atoms with Gasteiger partial charge in [0.2, 0.25) is 0 Å². The SMILES string of the molecule is Cc1cc2c(-c3ccc(C4CCCCC4)cc3)cccc2[cH-]1.[Cl-].[Cl-].[Zr+3]. The van der Waals surface area contributed by atoms with Crippen LogP contribution in [0, 0.1) is 6.92 Å². The molecule has 0 amide bonds. The van der Waals surface area contributed by atoms with Crippen molar-refractivity contribution in [1.82, 2.24) is 0 Å². The average molecular weight is 450 g/mol. The van der Waals surface area contributed by atoms with Crippen molar-refractivity contribution < 1.29 is 51.0 Å². The van der Waals surface area contributed by atoms with E-state index in [1.807, 2.05) is 0 Å². The van der Waals surface area contributed by atoms with E-state index in [1.54, 1.807) is 0 Å². The van der Waals surface area contributed by atoms with Gasteiger partial charge in [-0.2, -0.15) is 6.07 Å². The van der Waals surface area contributed by atoms with E-state index >= 15 is 0 Å². The number of hydrogen-bond acceptors (Lipinski definition) is 0.